The van der Waals surface area contributed by atoms with Crippen LogP contribution in [0.25, 0.3) is 10.9 Å². The molecule has 0 spiro atoms. The molecule has 2 aliphatic rings. The number of carbonyl (C=O) groups excluding carboxylic acids is 1. The molecular weight excluding hydrogens is 252 g/mol. The van der Waals surface area contributed by atoms with Gasteiger partial charge in [0.2, 0.25) is 0 Å². The fourth-order valence-electron chi connectivity index (χ4n) is 3.20. The van der Waals surface area contributed by atoms with Gasteiger partial charge in [0.1, 0.15) is 5.75 Å². The smallest absolute Gasteiger partial charge is 0.262 e. The van der Waals surface area contributed by atoms with Crippen LogP contribution in [0.15, 0.2) is 18.2 Å². The SMILES string of the molecule is O=C1COc2cccc3nc4c(c(c23)N1)CCCCC4. The van der Waals surface area contributed by atoms with Crippen LogP contribution in [0.1, 0.15) is 30.5 Å². The van der Waals surface area contributed by atoms with Crippen molar-refractivity contribution in [3.63, 3.8) is 0 Å². The van der Waals surface area contributed by atoms with E-state index in [1.165, 1.54) is 18.4 Å². The van der Waals surface area contributed by atoms with Crippen LogP contribution in [0, 0.1) is 0 Å². The number of amides is 1. The number of hydrogen-bond acceptors (Lipinski definition) is 3. The number of rotatable bonds is 0. The molecule has 0 fully saturated rings. The first-order chi connectivity index (χ1) is 9.83. The molecule has 4 rings (SSSR count). The van der Waals surface area contributed by atoms with Gasteiger partial charge in [0.25, 0.3) is 5.91 Å². The van der Waals surface area contributed by atoms with E-state index in [9.17, 15) is 4.79 Å². The molecule has 0 atom stereocenters. The van der Waals surface area contributed by atoms with Crippen LogP contribution in [0.5, 0.6) is 5.75 Å². The van der Waals surface area contributed by atoms with Gasteiger partial charge in [-0.3, -0.25) is 9.78 Å². The van der Waals surface area contributed by atoms with Crippen molar-refractivity contribution in [2.45, 2.75) is 32.1 Å². The molecule has 0 unspecified atom stereocenters. The van der Waals surface area contributed by atoms with Gasteiger partial charge in [0, 0.05) is 5.69 Å². The third kappa shape index (κ3) is 1.75. The molecule has 1 N–H and O–H groups in total. The lowest BCUT2D eigenvalue weighted by Crippen LogP contribution is -2.19. The Morgan fingerprint density at radius 3 is 3.00 bits per heavy atom. The third-order valence-electron chi connectivity index (χ3n) is 4.12. The zero-order valence-corrected chi connectivity index (χ0v) is 11.2. The Balaban J connectivity index is 2.06. The van der Waals surface area contributed by atoms with Crippen molar-refractivity contribution in [3.05, 3.63) is 29.5 Å². The zero-order chi connectivity index (χ0) is 13.5. The molecular formula is C16H16N2O2. The molecule has 1 aliphatic carbocycles. The van der Waals surface area contributed by atoms with Crippen LogP contribution in [0.4, 0.5) is 5.69 Å². The molecule has 4 nitrogen and oxygen atoms in total. The van der Waals surface area contributed by atoms with Gasteiger partial charge in [0.05, 0.1) is 16.6 Å². The van der Waals surface area contributed by atoms with Gasteiger partial charge in [-0.1, -0.05) is 12.5 Å². The van der Waals surface area contributed by atoms with Crippen LogP contribution >= 0.6 is 0 Å². The standard InChI is InChI=1S/C16H16N2O2/c19-14-9-20-13-8-4-7-12-15(13)16(18-14)10-5-2-1-3-6-11(10)17-12/h4,7-8H,1-3,5-6,9H2,(H,18,19). The van der Waals surface area contributed by atoms with E-state index in [0.717, 1.165) is 47.3 Å². The van der Waals surface area contributed by atoms with E-state index in [4.69, 9.17) is 9.72 Å². The summed E-state index contributed by atoms with van der Waals surface area (Å²) < 4.78 is 5.60. The van der Waals surface area contributed by atoms with E-state index in [2.05, 4.69) is 5.32 Å². The Morgan fingerprint density at radius 2 is 2.05 bits per heavy atom. The number of pyridine rings is 1. The maximum absolute atomic E-state index is 11.9. The summed E-state index contributed by atoms with van der Waals surface area (Å²) in [5.74, 6) is 0.676. The zero-order valence-electron chi connectivity index (χ0n) is 11.2. The van der Waals surface area contributed by atoms with E-state index >= 15 is 0 Å². The highest BCUT2D eigenvalue weighted by Crippen LogP contribution is 2.38. The highest BCUT2D eigenvalue weighted by atomic mass is 16.5. The number of benzene rings is 1. The predicted octanol–water partition coefficient (Wildman–Crippen LogP) is 2.83. The number of aromatic nitrogens is 1. The van der Waals surface area contributed by atoms with Crippen molar-refractivity contribution in [3.8, 4) is 5.75 Å². The lowest BCUT2D eigenvalue weighted by atomic mass is 10.0. The topological polar surface area (TPSA) is 51.2 Å². The average molecular weight is 268 g/mol. The summed E-state index contributed by atoms with van der Waals surface area (Å²) in [5, 5.41) is 4.00. The van der Waals surface area contributed by atoms with Crippen molar-refractivity contribution < 1.29 is 9.53 Å². The fraction of sp³-hybridized carbons (Fsp3) is 0.375. The second kappa shape index (κ2) is 4.47. The summed E-state index contributed by atoms with van der Waals surface area (Å²) >= 11 is 0. The van der Waals surface area contributed by atoms with E-state index in [0.29, 0.717) is 0 Å². The Labute approximate surface area is 117 Å². The monoisotopic (exact) mass is 268 g/mol. The molecule has 0 radical (unpaired) electrons. The van der Waals surface area contributed by atoms with Gasteiger partial charge in [0.15, 0.2) is 6.61 Å². The number of hydrogen-bond donors (Lipinski definition) is 1. The van der Waals surface area contributed by atoms with E-state index < -0.39 is 0 Å². The number of ether oxygens (including phenoxy) is 1. The van der Waals surface area contributed by atoms with Crippen LogP contribution in [0.2, 0.25) is 0 Å². The molecule has 0 saturated heterocycles. The van der Waals surface area contributed by atoms with E-state index in [-0.39, 0.29) is 12.5 Å². The average Bonchev–Trinajstić information content (AvgIpc) is 2.77. The summed E-state index contributed by atoms with van der Waals surface area (Å²) in [7, 11) is 0. The number of aryl methyl sites for hydroxylation is 1. The molecule has 1 aliphatic heterocycles. The third-order valence-corrected chi connectivity index (χ3v) is 4.12. The number of anilines is 1. The second-order valence-corrected chi connectivity index (χ2v) is 5.46. The summed E-state index contributed by atoms with van der Waals surface area (Å²) in [6.07, 6.45) is 5.55. The van der Waals surface area contributed by atoms with Crippen molar-refractivity contribution >= 4 is 22.5 Å². The normalized spacial score (nSPS) is 17.7. The molecule has 1 aromatic carbocycles. The Kier molecular flexibility index (Phi) is 2.62. The number of fused-ring (bicyclic) bond motifs is 2. The Hall–Kier alpha value is -2.10. The fourth-order valence-corrected chi connectivity index (χ4v) is 3.20. The molecule has 102 valence electrons. The molecule has 1 amide bonds. The first-order valence-electron chi connectivity index (χ1n) is 7.20. The van der Waals surface area contributed by atoms with Crippen LogP contribution < -0.4 is 10.1 Å². The van der Waals surface area contributed by atoms with Crippen molar-refractivity contribution in [2.75, 3.05) is 11.9 Å². The van der Waals surface area contributed by atoms with E-state index in [1.807, 2.05) is 18.2 Å². The largest absolute Gasteiger partial charge is 0.483 e. The van der Waals surface area contributed by atoms with Crippen LogP contribution in [-0.4, -0.2) is 17.5 Å². The van der Waals surface area contributed by atoms with Crippen molar-refractivity contribution in [2.24, 2.45) is 0 Å². The minimum absolute atomic E-state index is 0.0720. The summed E-state index contributed by atoms with van der Waals surface area (Å²) in [6.45, 7) is 0.0720. The maximum Gasteiger partial charge on any atom is 0.262 e. The maximum atomic E-state index is 11.9. The highest BCUT2D eigenvalue weighted by molar-refractivity contribution is 6.07. The quantitative estimate of drug-likeness (QED) is 0.747. The number of nitrogens with zero attached hydrogens (tertiary/aromatic N) is 1. The van der Waals surface area contributed by atoms with Gasteiger partial charge < -0.3 is 10.1 Å². The predicted molar refractivity (Wildman–Crippen MR) is 77.1 cm³/mol. The van der Waals surface area contributed by atoms with E-state index in [1.54, 1.807) is 0 Å². The van der Waals surface area contributed by atoms with Crippen LogP contribution in [0.3, 0.4) is 0 Å². The molecule has 2 aromatic rings. The summed E-state index contributed by atoms with van der Waals surface area (Å²) in [6, 6.07) is 5.85. The molecule has 1 aromatic heterocycles. The minimum atomic E-state index is -0.0832. The Bertz CT molecular complexity index is 709. The van der Waals surface area contributed by atoms with Gasteiger partial charge in [-0.05, 0) is 43.4 Å². The lowest BCUT2D eigenvalue weighted by molar-refractivity contribution is -0.117. The molecule has 20 heavy (non-hydrogen) atoms. The summed E-state index contributed by atoms with van der Waals surface area (Å²) in [5.41, 5.74) is 4.20. The van der Waals surface area contributed by atoms with Crippen LogP contribution in [-0.2, 0) is 17.6 Å². The van der Waals surface area contributed by atoms with Crippen molar-refractivity contribution in [1.29, 1.82) is 0 Å². The van der Waals surface area contributed by atoms with Gasteiger partial charge >= 0.3 is 0 Å². The lowest BCUT2D eigenvalue weighted by Gasteiger charge is -2.15. The summed E-state index contributed by atoms with van der Waals surface area (Å²) in [4.78, 5) is 16.7. The van der Waals surface area contributed by atoms with Crippen molar-refractivity contribution in [1.82, 2.24) is 4.98 Å². The van der Waals surface area contributed by atoms with Gasteiger partial charge in [-0.2, -0.15) is 0 Å². The highest BCUT2D eigenvalue weighted by Gasteiger charge is 2.23. The number of carbonyl (C=O) groups is 1. The molecule has 0 saturated carbocycles. The first-order valence-corrected chi connectivity index (χ1v) is 7.20. The first kappa shape index (κ1) is 11.7. The molecule has 2 heterocycles. The molecule has 4 heteroatoms. The molecule has 0 bridgehead atoms. The van der Waals surface area contributed by atoms with Gasteiger partial charge in [-0.25, -0.2) is 0 Å². The number of nitrogens with one attached hydrogen (secondary N) is 1. The Morgan fingerprint density at radius 1 is 1.15 bits per heavy atom. The minimum Gasteiger partial charge on any atom is -0.483 e. The second-order valence-electron chi connectivity index (χ2n) is 5.46. The van der Waals surface area contributed by atoms with Gasteiger partial charge in [-0.15, -0.1) is 0 Å².